The first-order valence-electron chi connectivity index (χ1n) is 6.03. The summed E-state index contributed by atoms with van der Waals surface area (Å²) in [5.74, 6) is 0.112. The van der Waals surface area contributed by atoms with Crippen LogP contribution in [0.1, 0.15) is 19.3 Å². The fourth-order valence-corrected chi connectivity index (χ4v) is 1.98. The molecule has 1 fully saturated rings. The minimum absolute atomic E-state index is 0.112. The third-order valence-electron chi connectivity index (χ3n) is 3.19. The summed E-state index contributed by atoms with van der Waals surface area (Å²) in [6.45, 7) is 3.24. The number of nitriles is 1. The lowest BCUT2D eigenvalue weighted by molar-refractivity contribution is -0.130. The molecule has 0 radical (unpaired) electrons. The number of hydrogen-bond donors (Lipinski definition) is 0. The fourth-order valence-electron chi connectivity index (χ4n) is 1.98. The van der Waals surface area contributed by atoms with Crippen molar-refractivity contribution in [3.63, 3.8) is 0 Å². The molecule has 17 heavy (non-hydrogen) atoms. The number of likely N-dealkylation sites (tertiary alicyclic amines) is 1. The second kappa shape index (κ2) is 7.25. The summed E-state index contributed by atoms with van der Waals surface area (Å²) >= 11 is 0. The number of rotatable bonds is 6. The van der Waals surface area contributed by atoms with Crippen molar-refractivity contribution in [1.82, 2.24) is 9.80 Å². The van der Waals surface area contributed by atoms with E-state index in [1.165, 1.54) is 0 Å². The molecule has 0 aromatic rings. The summed E-state index contributed by atoms with van der Waals surface area (Å²) in [5.41, 5.74) is 0. The Morgan fingerprint density at radius 3 is 3.00 bits per heavy atom. The van der Waals surface area contributed by atoms with E-state index in [1.54, 1.807) is 19.1 Å². The summed E-state index contributed by atoms with van der Waals surface area (Å²) in [5, 5.41) is 8.45. The van der Waals surface area contributed by atoms with E-state index in [1.807, 2.05) is 6.07 Å². The molecule has 1 rings (SSSR count). The number of ether oxygens (including phenoxy) is 1. The van der Waals surface area contributed by atoms with Gasteiger partial charge >= 0.3 is 0 Å². The van der Waals surface area contributed by atoms with Crippen LogP contribution in [0.25, 0.3) is 0 Å². The summed E-state index contributed by atoms with van der Waals surface area (Å²) < 4.78 is 5.28. The van der Waals surface area contributed by atoms with Crippen molar-refractivity contribution in [1.29, 1.82) is 5.26 Å². The molecule has 1 aliphatic heterocycles. The average molecular weight is 239 g/mol. The molecule has 1 aliphatic rings. The van der Waals surface area contributed by atoms with Crippen LogP contribution in [-0.4, -0.2) is 62.1 Å². The largest absolute Gasteiger partial charge is 0.380 e. The molecule has 0 bridgehead atoms. The van der Waals surface area contributed by atoms with Gasteiger partial charge in [-0.2, -0.15) is 5.26 Å². The van der Waals surface area contributed by atoms with Gasteiger partial charge in [-0.1, -0.05) is 0 Å². The van der Waals surface area contributed by atoms with Crippen LogP contribution in [0.5, 0.6) is 0 Å². The zero-order chi connectivity index (χ0) is 12.7. The number of amides is 1. The third kappa shape index (κ3) is 4.72. The molecule has 0 aliphatic carbocycles. The molecule has 1 saturated heterocycles. The monoisotopic (exact) mass is 239 g/mol. The lowest BCUT2D eigenvalue weighted by Gasteiger charge is -2.19. The Morgan fingerprint density at radius 1 is 1.65 bits per heavy atom. The van der Waals surface area contributed by atoms with Gasteiger partial charge in [-0.05, 0) is 6.42 Å². The Balaban J connectivity index is 2.18. The van der Waals surface area contributed by atoms with Crippen molar-refractivity contribution in [3.05, 3.63) is 0 Å². The van der Waals surface area contributed by atoms with Crippen molar-refractivity contribution in [2.24, 2.45) is 0 Å². The van der Waals surface area contributed by atoms with Gasteiger partial charge in [-0.3, -0.25) is 4.79 Å². The number of hydrogen-bond acceptors (Lipinski definition) is 4. The molecule has 1 heterocycles. The third-order valence-corrected chi connectivity index (χ3v) is 3.19. The van der Waals surface area contributed by atoms with E-state index in [9.17, 15) is 4.79 Å². The second-order valence-electron chi connectivity index (χ2n) is 4.42. The molecule has 1 unspecified atom stereocenters. The zero-order valence-electron chi connectivity index (χ0n) is 10.7. The normalized spacial score (nSPS) is 20.2. The molecule has 0 aromatic heterocycles. The number of methoxy groups -OCH3 is 1. The molecular weight excluding hydrogens is 218 g/mol. The first kappa shape index (κ1) is 13.9. The Bertz CT molecular complexity index is 288. The van der Waals surface area contributed by atoms with Crippen LogP contribution in [0.3, 0.4) is 0 Å². The molecular formula is C12H21N3O2. The minimum Gasteiger partial charge on any atom is -0.380 e. The van der Waals surface area contributed by atoms with Gasteiger partial charge in [0, 0.05) is 46.8 Å². The van der Waals surface area contributed by atoms with Gasteiger partial charge in [-0.25, -0.2) is 0 Å². The van der Waals surface area contributed by atoms with Crippen molar-refractivity contribution >= 4 is 5.91 Å². The van der Waals surface area contributed by atoms with Crippen LogP contribution in [0.4, 0.5) is 0 Å². The van der Waals surface area contributed by atoms with E-state index in [0.717, 1.165) is 26.1 Å². The topological polar surface area (TPSA) is 56.6 Å². The molecule has 1 atom stereocenters. The van der Waals surface area contributed by atoms with E-state index in [0.29, 0.717) is 25.5 Å². The van der Waals surface area contributed by atoms with Gasteiger partial charge < -0.3 is 14.5 Å². The second-order valence-corrected chi connectivity index (χ2v) is 4.42. The Hall–Kier alpha value is -1.12. The first-order valence-corrected chi connectivity index (χ1v) is 6.03. The molecule has 1 amide bonds. The molecule has 0 spiro atoms. The lowest BCUT2D eigenvalue weighted by atomic mass is 10.3. The SMILES string of the molecule is COC1CCN(CCC(=O)N(C)CCC#N)C1. The van der Waals surface area contributed by atoms with E-state index in [2.05, 4.69) is 4.90 Å². The minimum atomic E-state index is 0.112. The first-order chi connectivity index (χ1) is 8.17. The predicted molar refractivity (Wildman–Crippen MR) is 64.3 cm³/mol. The number of carbonyl (C=O) groups is 1. The average Bonchev–Trinajstić information content (AvgIpc) is 2.80. The van der Waals surface area contributed by atoms with Crippen LogP contribution in [0.15, 0.2) is 0 Å². The summed E-state index contributed by atoms with van der Waals surface area (Å²) in [4.78, 5) is 15.6. The summed E-state index contributed by atoms with van der Waals surface area (Å²) in [6.07, 6.45) is 2.30. The Kier molecular flexibility index (Phi) is 5.95. The lowest BCUT2D eigenvalue weighted by Crippen LogP contribution is -2.32. The Labute approximate surface area is 103 Å². The van der Waals surface area contributed by atoms with Gasteiger partial charge in [-0.15, -0.1) is 0 Å². The smallest absolute Gasteiger partial charge is 0.223 e. The van der Waals surface area contributed by atoms with Crippen molar-refractivity contribution in [2.45, 2.75) is 25.4 Å². The molecule has 0 N–H and O–H groups in total. The van der Waals surface area contributed by atoms with Crippen LogP contribution < -0.4 is 0 Å². The van der Waals surface area contributed by atoms with Crippen LogP contribution >= 0.6 is 0 Å². The highest BCUT2D eigenvalue weighted by Gasteiger charge is 2.22. The van der Waals surface area contributed by atoms with Gasteiger partial charge in [0.2, 0.25) is 5.91 Å². The van der Waals surface area contributed by atoms with Crippen molar-refractivity contribution < 1.29 is 9.53 Å². The van der Waals surface area contributed by atoms with Crippen LogP contribution in [0, 0.1) is 11.3 Å². The van der Waals surface area contributed by atoms with Gasteiger partial charge in [0.25, 0.3) is 0 Å². The van der Waals surface area contributed by atoms with Crippen LogP contribution in [0.2, 0.25) is 0 Å². The molecule has 5 heteroatoms. The highest BCUT2D eigenvalue weighted by atomic mass is 16.5. The standard InChI is InChI=1S/C12H21N3O2/c1-14(7-3-6-13)12(16)5-9-15-8-4-11(10-15)17-2/h11H,3-5,7-10H2,1-2H3. The van der Waals surface area contributed by atoms with E-state index in [-0.39, 0.29) is 5.91 Å². The predicted octanol–water partition coefficient (Wildman–Crippen LogP) is 0.469. The van der Waals surface area contributed by atoms with Crippen molar-refractivity contribution in [3.8, 4) is 6.07 Å². The van der Waals surface area contributed by atoms with E-state index in [4.69, 9.17) is 10.00 Å². The summed E-state index contributed by atoms with van der Waals surface area (Å²) in [7, 11) is 3.48. The maximum atomic E-state index is 11.7. The maximum absolute atomic E-state index is 11.7. The summed E-state index contributed by atoms with van der Waals surface area (Å²) in [6, 6.07) is 2.04. The maximum Gasteiger partial charge on any atom is 0.223 e. The van der Waals surface area contributed by atoms with Gasteiger partial charge in [0.05, 0.1) is 18.6 Å². The quantitative estimate of drug-likeness (QED) is 0.676. The fraction of sp³-hybridized carbons (Fsp3) is 0.833. The highest BCUT2D eigenvalue weighted by molar-refractivity contribution is 5.76. The Morgan fingerprint density at radius 2 is 2.41 bits per heavy atom. The van der Waals surface area contributed by atoms with Crippen LogP contribution in [-0.2, 0) is 9.53 Å². The molecule has 5 nitrogen and oxygen atoms in total. The number of carbonyl (C=O) groups excluding carboxylic acids is 1. The molecule has 0 saturated carbocycles. The van der Waals surface area contributed by atoms with Gasteiger partial charge in [0.1, 0.15) is 0 Å². The zero-order valence-corrected chi connectivity index (χ0v) is 10.7. The highest BCUT2D eigenvalue weighted by Crippen LogP contribution is 2.12. The van der Waals surface area contributed by atoms with Gasteiger partial charge in [0.15, 0.2) is 0 Å². The molecule has 96 valence electrons. The molecule has 0 aromatic carbocycles. The number of nitrogens with zero attached hydrogens (tertiary/aromatic N) is 3. The van der Waals surface area contributed by atoms with Crippen molar-refractivity contribution in [2.75, 3.05) is 40.3 Å². The van der Waals surface area contributed by atoms with E-state index >= 15 is 0 Å². The van der Waals surface area contributed by atoms with E-state index < -0.39 is 0 Å².